The highest BCUT2D eigenvalue weighted by molar-refractivity contribution is 5.75. The summed E-state index contributed by atoms with van der Waals surface area (Å²) in [6.07, 6.45) is 12.4. The molecular weight excluding hydrogens is 184 g/mol. The molecule has 1 atom stereocenters. The SMILES string of the molecule is CCC[C@@H](C)CCC/C=C/CCC(C)=O. The Morgan fingerprint density at radius 3 is 2.47 bits per heavy atom. The van der Waals surface area contributed by atoms with E-state index >= 15 is 0 Å². The summed E-state index contributed by atoms with van der Waals surface area (Å²) >= 11 is 0. The quantitative estimate of drug-likeness (QED) is 0.404. The third-order valence-corrected chi connectivity index (χ3v) is 2.68. The second kappa shape index (κ2) is 9.95. The number of allylic oxidation sites excluding steroid dienone is 2. The molecule has 0 radical (unpaired) electrons. The lowest BCUT2D eigenvalue weighted by molar-refractivity contribution is -0.116. The molecule has 0 bridgehead atoms. The van der Waals surface area contributed by atoms with Gasteiger partial charge in [-0.25, -0.2) is 0 Å². The lowest BCUT2D eigenvalue weighted by atomic mass is 9.99. The highest BCUT2D eigenvalue weighted by atomic mass is 16.1. The molecule has 0 unspecified atom stereocenters. The molecule has 88 valence electrons. The Kier molecular flexibility index (Phi) is 9.55. The number of Topliss-reactive ketones (excluding diaryl/α,β-unsaturated/α-hetero) is 1. The van der Waals surface area contributed by atoms with Crippen LogP contribution in [-0.4, -0.2) is 5.78 Å². The highest BCUT2D eigenvalue weighted by Crippen LogP contribution is 2.13. The number of unbranched alkanes of at least 4 members (excludes halogenated alkanes) is 1. The Labute approximate surface area is 95.0 Å². The van der Waals surface area contributed by atoms with E-state index in [1.165, 1.54) is 32.1 Å². The van der Waals surface area contributed by atoms with Crippen LogP contribution in [0, 0.1) is 5.92 Å². The van der Waals surface area contributed by atoms with Crippen molar-refractivity contribution in [2.75, 3.05) is 0 Å². The van der Waals surface area contributed by atoms with Crippen LogP contribution in [0.3, 0.4) is 0 Å². The van der Waals surface area contributed by atoms with Gasteiger partial charge in [0.15, 0.2) is 0 Å². The molecule has 0 heterocycles. The first kappa shape index (κ1) is 14.4. The molecule has 0 aromatic rings. The summed E-state index contributed by atoms with van der Waals surface area (Å²) in [5.41, 5.74) is 0. The topological polar surface area (TPSA) is 17.1 Å². The number of carbonyl (C=O) groups is 1. The van der Waals surface area contributed by atoms with E-state index in [-0.39, 0.29) is 5.78 Å². The molecule has 0 saturated carbocycles. The van der Waals surface area contributed by atoms with Gasteiger partial charge in [-0.3, -0.25) is 0 Å². The average Bonchev–Trinajstić information content (AvgIpc) is 2.16. The lowest BCUT2D eigenvalue weighted by Gasteiger charge is -2.07. The largest absolute Gasteiger partial charge is 0.300 e. The Hall–Kier alpha value is -0.590. The summed E-state index contributed by atoms with van der Waals surface area (Å²) in [5, 5.41) is 0. The predicted octanol–water partition coefficient (Wildman–Crippen LogP) is 4.52. The van der Waals surface area contributed by atoms with Crippen molar-refractivity contribution in [2.45, 2.75) is 65.7 Å². The van der Waals surface area contributed by atoms with E-state index in [2.05, 4.69) is 26.0 Å². The molecule has 0 amide bonds. The maximum atomic E-state index is 10.7. The molecule has 0 fully saturated rings. The summed E-state index contributed by atoms with van der Waals surface area (Å²) in [4.78, 5) is 10.7. The smallest absolute Gasteiger partial charge is 0.130 e. The maximum absolute atomic E-state index is 10.7. The van der Waals surface area contributed by atoms with Crippen LogP contribution in [0.4, 0.5) is 0 Å². The second-order valence-electron chi connectivity index (χ2n) is 4.54. The number of rotatable bonds is 9. The number of carbonyl (C=O) groups excluding carboxylic acids is 1. The molecule has 0 rings (SSSR count). The monoisotopic (exact) mass is 210 g/mol. The number of hydrogen-bond acceptors (Lipinski definition) is 1. The molecule has 15 heavy (non-hydrogen) atoms. The van der Waals surface area contributed by atoms with Crippen molar-refractivity contribution in [1.29, 1.82) is 0 Å². The van der Waals surface area contributed by atoms with Crippen LogP contribution in [0.2, 0.25) is 0 Å². The van der Waals surface area contributed by atoms with Crippen molar-refractivity contribution in [3.05, 3.63) is 12.2 Å². The van der Waals surface area contributed by atoms with Crippen molar-refractivity contribution in [3.63, 3.8) is 0 Å². The van der Waals surface area contributed by atoms with Crippen molar-refractivity contribution < 1.29 is 4.79 Å². The Bertz CT molecular complexity index is 182. The number of ketones is 1. The molecule has 0 aliphatic carbocycles. The van der Waals surface area contributed by atoms with Gasteiger partial charge in [0.25, 0.3) is 0 Å². The zero-order chi connectivity index (χ0) is 11.5. The van der Waals surface area contributed by atoms with Gasteiger partial charge in [0, 0.05) is 6.42 Å². The van der Waals surface area contributed by atoms with Crippen LogP contribution in [0.25, 0.3) is 0 Å². The fourth-order valence-corrected chi connectivity index (χ4v) is 1.74. The van der Waals surface area contributed by atoms with E-state index in [9.17, 15) is 4.79 Å². The summed E-state index contributed by atoms with van der Waals surface area (Å²) < 4.78 is 0. The third-order valence-electron chi connectivity index (χ3n) is 2.68. The van der Waals surface area contributed by atoms with Crippen LogP contribution < -0.4 is 0 Å². The standard InChI is InChI=1S/C14H26O/c1-4-10-13(2)11-8-6-5-7-9-12-14(3)15/h5,7,13H,4,6,8-12H2,1-3H3/b7-5+/t13-/m1/s1. The van der Waals surface area contributed by atoms with Gasteiger partial charge in [-0.05, 0) is 32.1 Å². The molecule has 0 aliphatic rings. The average molecular weight is 210 g/mol. The predicted molar refractivity (Wildman–Crippen MR) is 67.0 cm³/mol. The summed E-state index contributed by atoms with van der Waals surface area (Å²) in [6.45, 7) is 6.24. The minimum Gasteiger partial charge on any atom is -0.300 e. The minimum absolute atomic E-state index is 0.288. The molecule has 0 saturated heterocycles. The summed E-state index contributed by atoms with van der Waals surface area (Å²) in [5.74, 6) is 1.16. The Morgan fingerprint density at radius 1 is 1.20 bits per heavy atom. The van der Waals surface area contributed by atoms with E-state index in [0.717, 1.165) is 12.3 Å². The fourth-order valence-electron chi connectivity index (χ4n) is 1.74. The van der Waals surface area contributed by atoms with Crippen molar-refractivity contribution in [1.82, 2.24) is 0 Å². The van der Waals surface area contributed by atoms with E-state index in [1.54, 1.807) is 6.92 Å². The Balaban J connectivity index is 3.26. The number of hydrogen-bond donors (Lipinski definition) is 0. The Morgan fingerprint density at radius 2 is 1.87 bits per heavy atom. The molecule has 0 N–H and O–H groups in total. The van der Waals surface area contributed by atoms with Gasteiger partial charge in [0.1, 0.15) is 5.78 Å². The first-order chi connectivity index (χ1) is 7.16. The third kappa shape index (κ3) is 11.3. The van der Waals surface area contributed by atoms with Crippen LogP contribution in [-0.2, 0) is 4.79 Å². The lowest BCUT2D eigenvalue weighted by Crippen LogP contribution is -1.92. The molecule has 0 spiro atoms. The molecule has 1 heteroatoms. The van der Waals surface area contributed by atoms with Crippen molar-refractivity contribution in [2.24, 2.45) is 5.92 Å². The first-order valence-electron chi connectivity index (χ1n) is 6.31. The van der Waals surface area contributed by atoms with E-state index < -0.39 is 0 Å². The zero-order valence-corrected chi connectivity index (χ0v) is 10.6. The van der Waals surface area contributed by atoms with Gasteiger partial charge in [-0.15, -0.1) is 0 Å². The van der Waals surface area contributed by atoms with Gasteiger partial charge < -0.3 is 4.79 Å². The molecular formula is C14H26O. The molecule has 1 nitrogen and oxygen atoms in total. The van der Waals surface area contributed by atoms with Gasteiger partial charge in [-0.2, -0.15) is 0 Å². The normalized spacial score (nSPS) is 13.3. The fraction of sp³-hybridized carbons (Fsp3) is 0.786. The van der Waals surface area contributed by atoms with E-state index in [1.807, 2.05) is 0 Å². The van der Waals surface area contributed by atoms with E-state index in [0.29, 0.717) is 6.42 Å². The van der Waals surface area contributed by atoms with Gasteiger partial charge in [0.2, 0.25) is 0 Å². The zero-order valence-electron chi connectivity index (χ0n) is 10.6. The maximum Gasteiger partial charge on any atom is 0.130 e. The van der Waals surface area contributed by atoms with Crippen LogP contribution >= 0.6 is 0 Å². The minimum atomic E-state index is 0.288. The van der Waals surface area contributed by atoms with Crippen molar-refractivity contribution >= 4 is 5.78 Å². The molecule has 0 aromatic carbocycles. The van der Waals surface area contributed by atoms with Gasteiger partial charge in [-0.1, -0.05) is 45.3 Å². The molecule has 0 aromatic heterocycles. The summed E-state index contributed by atoms with van der Waals surface area (Å²) in [6, 6.07) is 0. The van der Waals surface area contributed by atoms with E-state index in [4.69, 9.17) is 0 Å². The van der Waals surface area contributed by atoms with Crippen LogP contribution in [0.15, 0.2) is 12.2 Å². The summed E-state index contributed by atoms with van der Waals surface area (Å²) in [7, 11) is 0. The van der Waals surface area contributed by atoms with Gasteiger partial charge in [0.05, 0.1) is 0 Å². The second-order valence-corrected chi connectivity index (χ2v) is 4.54. The van der Waals surface area contributed by atoms with Gasteiger partial charge >= 0.3 is 0 Å². The van der Waals surface area contributed by atoms with Crippen molar-refractivity contribution in [3.8, 4) is 0 Å². The highest BCUT2D eigenvalue weighted by Gasteiger charge is 1.98. The van der Waals surface area contributed by atoms with Crippen LogP contribution in [0.5, 0.6) is 0 Å². The first-order valence-corrected chi connectivity index (χ1v) is 6.31. The van der Waals surface area contributed by atoms with Crippen LogP contribution in [0.1, 0.15) is 65.7 Å². The molecule has 0 aliphatic heterocycles.